The molecule has 0 aliphatic heterocycles. The molecule has 21 heavy (non-hydrogen) atoms. The fraction of sp³-hybridized carbons (Fsp3) is 0.167. The van der Waals surface area contributed by atoms with Crippen molar-refractivity contribution in [3.05, 3.63) is 84.1 Å². The van der Waals surface area contributed by atoms with Crippen molar-refractivity contribution in [2.75, 3.05) is 6.61 Å². The molecular formula is C18H19NO2. The third kappa shape index (κ3) is 5.63. The van der Waals surface area contributed by atoms with Crippen LogP contribution in [0, 0.1) is 0 Å². The van der Waals surface area contributed by atoms with Crippen LogP contribution in [0.1, 0.15) is 22.3 Å². The van der Waals surface area contributed by atoms with Gasteiger partial charge in [0.1, 0.15) is 0 Å². The SMILES string of the molecule is O=C(N/C=C\CCOCc1ccccc1)c1ccccc1. The molecule has 3 nitrogen and oxygen atoms in total. The van der Waals surface area contributed by atoms with E-state index in [1.807, 2.05) is 54.6 Å². The molecule has 0 aliphatic carbocycles. The lowest BCUT2D eigenvalue weighted by molar-refractivity contribution is 0.0969. The molecule has 3 heteroatoms. The van der Waals surface area contributed by atoms with Crippen LogP contribution in [0.2, 0.25) is 0 Å². The Bertz CT molecular complexity index is 564. The molecule has 1 amide bonds. The van der Waals surface area contributed by atoms with E-state index >= 15 is 0 Å². The number of hydrogen-bond acceptors (Lipinski definition) is 2. The summed E-state index contributed by atoms with van der Waals surface area (Å²) in [4.78, 5) is 11.7. The molecule has 0 aliphatic rings. The van der Waals surface area contributed by atoms with Crippen LogP contribution in [0.15, 0.2) is 72.9 Å². The first-order valence-electron chi connectivity index (χ1n) is 6.99. The minimum atomic E-state index is -0.1000. The number of carbonyl (C=O) groups excluding carboxylic acids is 1. The van der Waals surface area contributed by atoms with E-state index in [9.17, 15) is 4.79 Å². The van der Waals surface area contributed by atoms with Gasteiger partial charge < -0.3 is 10.1 Å². The lowest BCUT2D eigenvalue weighted by Crippen LogP contribution is -2.16. The summed E-state index contributed by atoms with van der Waals surface area (Å²) in [6.45, 7) is 1.25. The van der Waals surface area contributed by atoms with Gasteiger partial charge in [0.25, 0.3) is 5.91 Å². The quantitative estimate of drug-likeness (QED) is 0.788. The maximum absolute atomic E-state index is 11.7. The van der Waals surface area contributed by atoms with Crippen LogP contribution < -0.4 is 5.32 Å². The Labute approximate surface area is 125 Å². The number of benzene rings is 2. The van der Waals surface area contributed by atoms with Gasteiger partial charge in [-0.25, -0.2) is 0 Å². The second-order valence-electron chi connectivity index (χ2n) is 4.57. The zero-order valence-corrected chi connectivity index (χ0v) is 11.9. The first-order chi connectivity index (χ1) is 10.4. The number of ether oxygens (including phenoxy) is 1. The standard InChI is InChI=1S/C18H19NO2/c20-18(17-11-5-2-6-12-17)19-13-7-8-14-21-15-16-9-3-1-4-10-16/h1-7,9-13H,8,14-15H2,(H,19,20)/b13-7-. The van der Waals surface area contributed by atoms with Crippen molar-refractivity contribution in [2.24, 2.45) is 0 Å². The summed E-state index contributed by atoms with van der Waals surface area (Å²) in [7, 11) is 0. The second-order valence-corrected chi connectivity index (χ2v) is 4.57. The highest BCUT2D eigenvalue weighted by molar-refractivity contribution is 5.94. The average Bonchev–Trinajstić information content (AvgIpc) is 2.55. The van der Waals surface area contributed by atoms with Crippen LogP contribution in [0.5, 0.6) is 0 Å². The van der Waals surface area contributed by atoms with E-state index in [1.165, 1.54) is 5.56 Å². The van der Waals surface area contributed by atoms with Crippen molar-refractivity contribution in [1.29, 1.82) is 0 Å². The molecule has 2 aromatic rings. The number of rotatable bonds is 7. The largest absolute Gasteiger partial charge is 0.376 e. The maximum atomic E-state index is 11.7. The van der Waals surface area contributed by atoms with Crippen molar-refractivity contribution in [2.45, 2.75) is 13.0 Å². The van der Waals surface area contributed by atoms with Gasteiger partial charge in [-0.05, 0) is 24.1 Å². The Morgan fingerprint density at radius 1 is 1.00 bits per heavy atom. The molecule has 0 saturated carbocycles. The third-order valence-corrected chi connectivity index (χ3v) is 2.91. The van der Waals surface area contributed by atoms with E-state index in [2.05, 4.69) is 5.32 Å². The van der Waals surface area contributed by atoms with E-state index in [1.54, 1.807) is 18.3 Å². The summed E-state index contributed by atoms with van der Waals surface area (Å²) in [6, 6.07) is 19.2. The summed E-state index contributed by atoms with van der Waals surface area (Å²) >= 11 is 0. The summed E-state index contributed by atoms with van der Waals surface area (Å²) in [5.74, 6) is -0.1000. The van der Waals surface area contributed by atoms with E-state index in [0.29, 0.717) is 18.8 Å². The first kappa shape index (κ1) is 15.0. The van der Waals surface area contributed by atoms with Crippen molar-refractivity contribution >= 4 is 5.91 Å². The predicted molar refractivity (Wildman–Crippen MR) is 83.8 cm³/mol. The minimum absolute atomic E-state index is 0.1000. The zero-order chi connectivity index (χ0) is 14.8. The topological polar surface area (TPSA) is 38.3 Å². The smallest absolute Gasteiger partial charge is 0.255 e. The number of hydrogen-bond donors (Lipinski definition) is 1. The van der Waals surface area contributed by atoms with Crippen LogP contribution in [0.25, 0.3) is 0 Å². The van der Waals surface area contributed by atoms with Crippen LogP contribution in [0.4, 0.5) is 0 Å². The molecule has 0 aromatic heterocycles. The molecular weight excluding hydrogens is 262 g/mol. The number of nitrogens with one attached hydrogen (secondary N) is 1. The zero-order valence-electron chi connectivity index (χ0n) is 11.9. The Morgan fingerprint density at radius 2 is 1.67 bits per heavy atom. The van der Waals surface area contributed by atoms with Crippen LogP contribution >= 0.6 is 0 Å². The van der Waals surface area contributed by atoms with E-state index in [4.69, 9.17) is 4.74 Å². The highest BCUT2D eigenvalue weighted by atomic mass is 16.5. The molecule has 0 spiro atoms. The Kier molecular flexibility index (Phi) is 6.23. The molecule has 0 bridgehead atoms. The Morgan fingerprint density at radius 3 is 2.38 bits per heavy atom. The van der Waals surface area contributed by atoms with Gasteiger partial charge >= 0.3 is 0 Å². The number of amides is 1. The molecule has 0 radical (unpaired) electrons. The van der Waals surface area contributed by atoms with Gasteiger partial charge in [0.15, 0.2) is 0 Å². The van der Waals surface area contributed by atoms with E-state index in [0.717, 1.165) is 6.42 Å². The Balaban J connectivity index is 1.60. The van der Waals surface area contributed by atoms with Gasteiger partial charge in [-0.15, -0.1) is 0 Å². The normalized spacial score (nSPS) is 10.7. The first-order valence-corrected chi connectivity index (χ1v) is 6.99. The van der Waals surface area contributed by atoms with Gasteiger partial charge in [0.2, 0.25) is 0 Å². The second kappa shape index (κ2) is 8.72. The van der Waals surface area contributed by atoms with E-state index in [-0.39, 0.29) is 5.91 Å². The summed E-state index contributed by atoms with van der Waals surface area (Å²) in [5, 5.41) is 2.73. The molecule has 108 valence electrons. The Hall–Kier alpha value is -2.39. The molecule has 0 heterocycles. The highest BCUT2D eigenvalue weighted by Crippen LogP contribution is 2.01. The van der Waals surface area contributed by atoms with E-state index < -0.39 is 0 Å². The molecule has 0 fully saturated rings. The molecule has 2 rings (SSSR count). The maximum Gasteiger partial charge on any atom is 0.255 e. The summed E-state index contributed by atoms with van der Waals surface area (Å²) < 4.78 is 5.55. The molecule has 2 aromatic carbocycles. The fourth-order valence-corrected chi connectivity index (χ4v) is 1.81. The van der Waals surface area contributed by atoms with Gasteiger partial charge in [-0.2, -0.15) is 0 Å². The van der Waals surface area contributed by atoms with Gasteiger partial charge in [0, 0.05) is 11.8 Å². The lowest BCUT2D eigenvalue weighted by Gasteiger charge is -2.02. The molecule has 1 N–H and O–H groups in total. The van der Waals surface area contributed by atoms with Crippen molar-refractivity contribution < 1.29 is 9.53 Å². The molecule has 0 atom stereocenters. The van der Waals surface area contributed by atoms with Crippen molar-refractivity contribution in [3.8, 4) is 0 Å². The van der Waals surface area contributed by atoms with Crippen molar-refractivity contribution in [1.82, 2.24) is 5.32 Å². The molecule has 0 saturated heterocycles. The highest BCUT2D eigenvalue weighted by Gasteiger charge is 2.00. The predicted octanol–water partition coefficient (Wildman–Crippen LogP) is 3.54. The fourth-order valence-electron chi connectivity index (χ4n) is 1.81. The monoisotopic (exact) mass is 281 g/mol. The van der Waals surface area contributed by atoms with Gasteiger partial charge in [-0.1, -0.05) is 54.6 Å². The third-order valence-electron chi connectivity index (χ3n) is 2.91. The number of carbonyl (C=O) groups is 1. The lowest BCUT2D eigenvalue weighted by atomic mass is 10.2. The molecule has 0 unspecified atom stereocenters. The minimum Gasteiger partial charge on any atom is -0.376 e. The van der Waals surface area contributed by atoms with Crippen LogP contribution in [-0.4, -0.2) is 12.5 Å². The van der Waals surface area contributed by atoms with Crippen LogP contribution in [0.3, 0.4) is 0 Å². The van der Waals surface area contributed by atoms with Gasteiger partial charge in [-0.3, -0.25) is 4.79 Å². The summed E-state index contributed by atoms with van der Waals surface area (Å²) in [6.07, 6.45) is 4.33. The van der Waals surface area contributed by atoms with Gasteiger partial charge in [0.05, 0.1) is 13.2 Å². The summed E-state index contributed by atoms with van der Waals surface area (Å²) in [5.41, 5.74) is 1.82. The average molecular weight is 281 g/mol. The van der Waals surface area contributed by atoms with Crippen LogP contribution in [-0.2, 0) is 11.3 Å². The van der Waals surface area contributed by atoms with Crippen molar-refractivity contribution in [3.63, 3.8) is 0 Å².